The maximum Gasteiger partial charge on any atom is 0.365 e. The molecule has 0 spiro atoms. The van der Waals surface area contributed by atoms with Gasteiger partial charge in [-0.2, -0.15) is 0 Å². The molecule has 0 aromatic heterocycles. The minimum Gasteiger partial charge on any atom is -0.313 e. The average Bonchev–Trinajstić information content (AvgIpc) is 2.38. The molecule has 0 atom stereocenters. The van der Waals surface area contributed by atoms with Crippen LogP contribution >= 0.6 is 31.9 Å². The fraction of sp³-hybridized carbons (Fsp3) is 0. The molecule has 5 heteroatoms. The second-order valence-corrected chi connectivity index (χ2v) is 5.51. The lowest BCUT2D eigenvalue weighted by Gasteiger charge is -1.98. The molecular weight excluding hydrogens is 374 g/mol. The first-order chi connectivity index (χ1) is 9.15. The van der Waals surface area contributed by atoms with Crippen LogP contribution in [0.15, 0.2) is 62.6 Å². The van der Waals surface area contributed by atoms with Crippen LogP contribution in [-0.2, 0) is 4.84 Å². The highest BCUT2D eigenvalue weighted by atomic mass is 79.9. The molecule has 0 aliphatic heterocycles. The molecule has 2 aromatic carbocycles. The van der Waals surface area contributed by atoms with Crippen LogP contribution in [0.2, 0.25) is 0 Å². The summed E-state index contributed by atoms with van der Waals surface area (Å²) in [6.45, 7) is 0. The van der Waals surface area contributed by atoms with Gasteiger partial charge in [-0.05, 0) is 35.9 Å². The number of halogens is 2. The van der Waals surface area contributed by atoms with Crippen LogP contribution in [0, 0.1) is 0 Å². The maximum absolute atomic E-state index is 11.7. The van der Waals surface area contributed by atoms with E-state index in [0.717, 1.165) is 14.5 Å². The number of hydrogen-bond donors (Lipinski definition) is 0. The van der Waals surface area contributed by atoms with E-state index in [-0.39, 0.29) is 0 Å². The van der Waals surface area contributed by atoms with Gasteiger partial charge in [0.1, 0.15) is 0 Å². The predicted octanol–water partition coefficient (Wildman–Crippen LogP) is 4.40. The fourth-order valence-electron chi connectivity index (χ4n) is 1.39. The highest BCUT2D eigenvalue weighted by Gasteiger charge is 2.06. The summed E-state index contributed by atoms with van der Waals surface area (Å²) in [6.07, 6.45) is 1.49. The average molecular weight is 383 g/mol. The van der Waals surface area contributed by atoms with Gasteiger partial charge in [-0.25, -0.2) is 4.79 Å². The van der Waals surface area contributed by atoms with Gasteiger partial charge < -0.3 is 4.84 Å². The van der Waals surface area contributed by atoms with Crippen molar-refractivity contribution in [3.05, 3.63) is 68.6 Å². The molecule has 3 nitrogen and oxygen atoms in total. The molecular formula is C14H9Br2NO2. The van der Waals surface area contributed by atoms with Crippen LogP contribution in [0.25, 0.3) is 0 Å². The molecule has 0 amide bonds. The third-order valence-electron chi connectivity index (χ3n) is 2.25. The number of carbonyl (C=O) groups is 1. The van der Waals surface area contributed by atoms with E-state index in [0.29, 0.717) is 5.56 Å². The highest BCUT2D eigenvalue weighted by molar-refractivity contribution is 9.10. The van der Waals surface area contributed by atoms with Gasteiger partial charge in [0.15, 0.2) is 0 Å². The summed E-state index contributed by atoms with van der Waals surface area (Å²) < 4.78 is 1.76. The van der Waals surface area contributed by atoms with Crippen molar-refractivity contribution < 1.29 is 9.63 Å². The van der Waals surface area contributed by atoms with Crippen molar-refractivity contribution in [2.45, 2.75) is 0 Å². The van der Waals surface area contributed by atoms with Gasteiger partial charge in [0.25, 0.3) is 0 Å². The van der Waals surface area contributed by atoms with Crippen molar-refractivity contribution >= 4 is 44.0 Å². The predicted molar refractivity (Wildman–Crippen MR) is 81.3 cm³/mol. The molecule has 0 bridgehead atoms. The molecule has 2 aromatic rings. The molecule has 0 unspecified atom stereocenters. The van der Waals surface area contributed by atoms with Crippen LogP contribution in [0.3, 0.4) is 0 Å². The summed E-state index contributed by atoms with van der Waals surface area (Å²) >= 11 is 6.64. The van der Waals surface area contributed by atoms with Crippen molar-refractivity contribution in [1.29, 1.82) is 0 Å². The number of rotatable bonds is 3. The highest BCUT2D eigenvalue weighted by Crippen LogP contribution is 2.13. The van der Waals surface area contributed by atoms with Gasteiger partial charge in [-0.3, -0.25) is 0 Å². The molecule has 0 saturated carbocycles. The van der Waals surface area contributed by atoms with E-state index in [1.807, 2.05) is 30.3 Å². The van der Waals surface area contributed by atoms with Crippen LogP contribution in [0.1, 0.15) is 15.9 Å². The van der Waals surface area contributed by atoms with Crippen molar-refractivity contribution in [2.24, 2.45) is 5.16 Å². The summed E-state index contributed by atoms with van der Waals surface area (Å²) in [7, 11) is 0. The van der Waals surface area contributed by atoms with Gasteiger partial charge in [0, 0.05) is 8.95 Å². The molecule has 96 valence electrons. The Labute approximate surface area is 127 Å². The minimum absolute atomic E-state index is 0.445. The normalized spacial score (nSPS) is 10.6. The topological polar surface area (TPSA) is 38.7 Å². The van der Waals surface area contributed by atoms with Crippen molar-refractivity contribution in [1.82, 2.24) is 0 Å². The van der Waals surface area contributed by atoms with Gasteiger partial charge in [0.05, 0.1) is 11.8 Å². The largest absolute Gasteiger partial charge is 0.365 e. The van der Waals surface area contributed by atoms with E-state index >= 15 is 0 Å². The van der Waals surface area contributed by atoms with E-state index in [9.17, 15) is 4.79 Å². The Morgan fingerprint density at radius 3 is 2.42 bits per heavy atom. The van der Waals surface area contributed by atoms with E-state index in [4.69, 9.17) is 4.84 Å². The number of nitrogens with zero attached hydrogens (tertiary/aromatic N) is 1. The first-order valence-electron chi connectivity index (χ1n) is 5.41. The molecule has 0 N–H and O–H groups in total. The summed E-state index contributed by atoms with van der Waals surface area (Å²) in [4.78, 5) is 16.5. The fourth-order valence-corrected chi connectivity index (χ4v) is 2.21. The van der Waals surface area contributed by atoms with Crippen molar-refractivity contribution in [3.8, 4) is 0 Å². The van der Waals surface area contributed by atoms with E-state index in [1.165, 1.54) is 6.21 Å². The lowest BCUT2D eigenvalue weighted by atomic mass is 10.2. The maximum atomic E-state index is 11.7. The monoisotopic (exact) mass is 381 g/mol. The SMILES string of the molecule is O=C(O/N=C\c1cccc(Br)c1)c1cccc(Br)c1. The van der Waals surface area contributed by atoms with Crippen LogP contribution in [-0.4, -0.2) is 12.2 Å². The molecule has 0 radical (unpaired) electrons. The smallest absolute Gasteiger partial charge is 0.313 e. The molecule has 0 aliphatic carbocycles. The number of carbonyl (C=O) groups excluding carboxylic acids is 1. The Kier molecular flexibility index (Phi) is 4.87. The number of oxime groups is 1. The zero-order chi connectivity index (χ0) is 13.7. The molecule has 0 fully saturated rings. The van der Waals surface area contributed by atoms with Gasteiger partial charge in [-0.15, -0.1) is 0 Å². The van der Waals surface area contributed by atoms with Gasteiger partial charge >= 0.3 is 5.97 Å². The third-order valence-corrected chi connectivity index (χ3v) is 3.23. The van der Waals surface area contributed by atoms with Gasteiger partial charge in [0.2, 0.25) is 0 Å². The van der Waals surface area contributed by atoms with Crippen molar-refractivity contribution in [3.63, 3.8) is 0 Å². The zero-order valence-corrected chi connectivity index (χ0v) is 12.9. The first kappa shape index (κ1) is 14.0. The van der Waals surface area contributed by atoms with Crippen LogP contribution < -0.4 is 0 Å². The summed E-state index contributed by atoms with van der Waals surface area (Å²) in [6, 6.07) is 14.5. The molecule has 0 heterocycles. The van der Waals surface area contributed by atoms with Crippen LogP contribution in [0.5, 0.6) is 0 Å². The summed E-state index contributed by atoms with van der Waals surface area (Å²) in [5, 5.41) is 3.68. The molecule has 0 aliphatic rings. The Bertz CT molecular complexity index is 626. The Balaban J connectivity index is 2.01. The van der Waals surface area contributed by atoms with E-state index < -0.39 is 5.97 Å². The molecule has 0 saturated heterocycles. The zero-order valence-electron chi connectivity index (χ0n) is 9.72. The Hall–Kier alpha value is -1.46. The van der Waals surface area contributed by atoms with Gasteiger partial charge in [-0.1, -0.05) is 55.2 Å². The first-order valence-corrected chi connectivity index (χ1v) is 6.99. The quantitative estimate of drug-likeness (QED) is 0.448. The third kappa shape index (κ3) is 4.29. The number of benzene rings is 2. The second kappa shape index (κ2) is 6.63. The number of hydrogen-bond acceptors (Lipinski definition) is 3. The lowest BCUT2D eigenvalue weighted by Crippen LogP contribution is -2.00. The minimum atomic E-state index is -0.493. The van der Waals surface area contributed by atoms with E-state index in [2.05, 4.69) is 37.0 Å². The summed E-state index contributed by atoms with van der Waals surface area (Å²) in [5.74, 6) is -0.493. The lowest BCUT2D eigenvalue weighted by molar-refractivity contribution is 0.0519. The molecule has 19 heavy (non-hydrogen) atoms. The second-order valence-electron chi connectivity index (χ2n) is 3.68. The van der Waals surface area contributed by atoms with Crippen molar-refractivity contribution in [2.75, 3.05) is 0 Å². The standard InChI is InChI=1S/C14H9Br2NO2/c15-12-5-1-3-10(7-12)9-17-19-14(18)11-4-2-6-13(16)8-11/h1-9H/b17-9-. The summed E-state index contributed by atoms with van der Waals surface area (Å²) in [5.41, 5.74) is 1.29. The Morgan fingerprint density at radius 1 is 1.05 bits per heavy atom. The molecule has 2 rings (SSSR count). The Morgan fingerprint density at radius 2 is 1.74 bits per heavy atom. The van der Waals surface area contributed by atoms with E-state index in [1.54, 1.807) is 18.2 Å². The van der Waals surface area contributed by atoms with Crippen LogP contribution in [0.4, 0.5) is 0 Å².